The van der Waals surface area contributed by atoms with E-state index in [-0.39, 0.29) is 0 Å². The lowest BCUT2D eigenvalue weighted by atomic mass is 9.89. The molecule has 114 valence electrons. The van der Waals surface area contributed by atoms with Gasteiger partial charge in [0.2, 0.25) is 0 Å². The number of aryl methyl sites for hydroxylation is 1. The summed E-state index contributed by atoms with van der Waals surface area (Å²) in [6, 6.07) is 0. The van der Waals surface area contributed by atoms with Gasteiger partial charge in [-0.25, -0.2) is 0 Å². The maximum Gasteiger partial charge on any atom is 0.146 e. The second kappa shape index (κ2) is 7.71. The fourth-order valence-corrected chi connectivity index (χ4v) is 2.52. The van der Waals surface area contributed by atoms with E-state index in [0.29, 0.717) is 25.8 Å². The van der Waals surface area contributed by atoms with Crippen LogP contribution in [0.15, 0.2) is 6.33 Å². The molecule has 1 unspecified atom stereocenters. The summed E-state index contributed by atoms with van der Waals surface area (Å²) in [5.74, 6) is 1.69. The molecule has 1 fully saturated rings. The number of hydrogen-bond acceptors (Lipinski definition) is 5. The summed E-state index contributed by atoms with van der Waals surface area (Å²) in [6.07, 6.45) is 6.26. The topological polar surface area (TPSA) is 72.2 Å². The molecular weight excluding hydrogens is 256 g/mol. The zero-order valence-electron chi connectivity index (χ0n) is 12.5. The highest BCUT2D eigenvalue weighted by Gasteiger charge is 2.19. The fraction of sp³-hybridized carbons (Fsp3) is 0.857. The first-order valence-electron chi connectivity index (χ1n) is 7.48. The minimum Gasteiger partial charge on any atom is -0.389 e. The van der Waals surface area contributed by atoms with E-state index in [2.05, 4.69) is 22.4 Å². The molecule has 1 aliphatic rings. The Bertz CT molecular complexity index is 388. The molecule has 0 spiro atoms. The van der Waals surface area contributed by atoms with Crippen molar-refractivity contribution in [2.75, 3.05) is 13.2 Å². The summed E-state index contributed by atoms with van der Waals surface area (Å²) in [6.45, 7) is 3.82. The van der Waals surface area contributed by atoms with Crippen molar-refractivity contribution in [1.82, 2.24) is 20.1 Å². The van der Waals surface area contributed by atoms with Crippen molar-refractivity contribution in [1.29, 1.82) is 0 Å². The smallest absolute Gasteiger partial charge is 0.146 e. The Labute approximate surface area is 120 Å². The van der Waals surface area contributed by atoms with Gasteiger partial charge in [0.1, 0.15) is 12.2 Å². The Morgan fingerprint density at radius 1 is 1.45 bits per heavy atom. The summed E-state index contributed by atoms with van der Waals surface area (Å²) in [4.78, 5) is 0. The number of nitrogens with one attached hydrogen (secondary N) is 1. The van der Waals surface area contributed by atoms with Crippen molar-refractivity contribution in [3.63, 3.8) is 0 Å². The third-order valence-corrected chi connectivity index (χ3v) is 3.96. The van der Waals surface area contributed by atoms with Crippen LogP contribution in [-0.2, 0) is 18.3 Å². The largest absolute Gasteiger partial charge is 0.389 e. The summed E-state index contributed by atoms with van der Waals surface area (Å²) >= 11 is 0. The summed E-state index contributed by atoms with van der Waals surface area (Å²) in [5.41, 5.74) is 0. The van der Waals surface area contributed by atoms with Gasteiger partial charge in [0.15, 0.2) is 0 Å². The Morgan fingerprint density at radius 2 is 2.20 bits per heavy atom. The number of aromatic nitrogens is 3. The van der Waals surface area contributed by atoms with E-state index in [1.54, 1.807) is 6.33 Å². The average Bonchev–Trinajstić information content (AvgIpc) is 2.84. The lowest BCUT2D eigenvalue weighted by Crippen LogP contribution is -2.33. The van der Waals surface area contributed by atoms with Gasteiger partial charge < -0.3 is 19.7 Å². The van der Waals surface area contributed by atoms with Crippen LogP contribution in [0.3, 0.4) is 0 Å². The van der Waals surface area contributed by atoms with E-state index in [9.17, 15) is 5.11 Å². The summed E-state index contributed by atoms with van der Waals surface area (Å²) in [7, 11) is 1.90. The van der Waals surface area contributed by atoms with Crippen LogP contribution in [0.1, 0.15) is 38.4 Å². The van der Waals surface area contributed by atoms with Gasteiger partial charge in [-0.3, -0.25) is 0 Å². The number of nitrogens with zero attached hydrogens (tertiary/aromatic N) is 3. The zero-order chi connectivity index (χ0) is 14.4. The maximum absolute atomic E-state index is 9.90. The molecule has 1 aromatic heterocycles. The molecule has 0 bridgehead atoms. The molecule has 0 aromatic carbocycles. The zero-order valence-corrected chi connectivity index (χ0v) is 12.5. The minimum absolute atomic E-state index is 0.333. The van der Waals surface area contributed by atoms with Gasteiger partial charge in [-0.1, -0.05) is 6.92 Å². The number of aliphatic hydroxyl groups excluding tert-OH is 1. The molecule has 6 heteroatoms. The van der Waals surface area contributed by atoms with E-state index in [0.717, 1.165) is 24.6 Å². The molecule has 6 nitrogen and oxygen atoms in total. The Balaban J connectivity index is 1.56. The van der Waals surface area contributed by atoms with Crippen molar-refractivity contribution in [2.45, 2.75) is 51.4 Å². The second-order valence-corrected chi connectivity index (χ2v) is 5.86. The average molecular weight is 282 g/mol. The van der Waals surface area contributed by atoms with Crippen LogP contribution in [0, 0.1) is 5.92 Å². The van der Waals surface area contributed by atoms with E-state index < -0.39 is 6.10 Å². The maximum atomic E-state index is 9.90. The molecule has 2 rings (SSSR count). The van der Waals surface area contributed by atoms with E-state index in [1.165, 1.54) is 12.8 Å². The van der Waals surface area contributed by atoms with Gasteiger partial charge >= 0.3 is 0 Å². The molecule has 1 heterocycles. The van der Waals surface area contributed by atoms with Crippen molar-refractivity contribution < 1.29 is 9.84 Å². The molecule has 1 saturated carbocycles. The lowest BCUT2D eigenvalue weighted by Gasteiger charge is -2.27. The quantitative estimate of drug-likeness (QED) is 0.776. The first-order chi connectivity index (χ1) is 9.65. The van der Waals surface area contributed by atoms with Crippen molar-refractivity contribution in [2.24, 2.45) is 13.0 Å². The van der Waals surface area contributed by atoms with Crippen LogP contribution in [0.4, 0.5) is 0 Å². The fourth-order valence-electron chi connectivity index (χ4n) is 2.52. The van der Waals surface area contributed by atoms with Gasteiger partial charge in [-0.05, 0) is 31.6 Å². The highest BCUT2D eigenvalue weighted by atomic mass is 16.5. The van der Waals surface area contributed by atoms with Crippen molar-refractivity contribution in [3.05, 3.63) is 12.2 Å². The highest BCUT2D eigenvalue weighted by molar-refractivity contribution is 4.83. The van der Waals surface area contributed by atoms with Gasteiger partial charge in [0, 0.05) is 13.6 Å². The van der Waals surface area contributed by atoms with Crippen LogP contribution in [0.2, 0.25) is 0 Å². The minimum atomic E-state index is -0.470. The molecule has 0 amide bonds. The monoisotopic (exact) mass is 282 g/mol. The normalized spacial score (nSPS) is 24.8. The van der Waals surface area contributed by atoms with E-state index in [1.807, 2.05) is 11.6 Å². The molecule has 20 heavy (non-hydrogen) atoms. The number of rotatable bonds is 7. The third-order valence-electron chi connectivity index (χ3n) is 3.96. The van der Waals surface area contributed by atoms with Crippen LogP contribution in [-0.4, -0.2) is 45.2 Å². The van der Waals surface area contributed by atoms with Crippen LogP contribution in [0.25, 0.3) is 0 Å². The molecular formula is C14H26N4O2. The molecule has 0 aliphatic heterocycles. The van der Waals surface area contributed by atoms with Gasteiger partial charge in [-0.2, -0.15) is 0 Å². The van der Waals surface area contributed by atoms with Crippen LogP contribution < -0.4 is 5.32 Å². The van der Waals surface area contributed by atoms with E-state index in [4.69, 9.17) is 4.74 Å². The first-order valence-corrected chi connectivity index (χ1v) is 7.48. The molecule has 1 aliphatic carbocycles. The second-order valence-electron chi connectivity index (χ2n) is 5.86. The highest BCUT2D eigenvalue weighted by Crippen LogP contribution is 2.25. The van der Waals surface area contributed by atoms with Gasteiger partial charge in [-0.15, -0.1) is 10.2 Å². The summed E-state index contributed by atoms with van der Waals surface area (Å²) in [5, 5.41) is 20.9. The van der Waals surface area contributed by atoms with Crippen LogP contribution in [0.5, 0.6) is 0 Å². The Morgan fingerprint density at radius 3 is 2.85 bits per heavy atom. The van der Waals surface area contributed by atoms with Gasteiger partial charge in [0.05, 0.1) is 25.4 Å². The Kier molecular flexibility index (Phi) is 5.94. The SMILES string of the molecule is CC1CCC(OCC(O)CNCc2nncn2C)CC1. The predicted octanol–water partition coefficient (Wildman–Crippen LogP) is 0.861. The van der Waals surface area contributed by atoms with E-state index >= 15 is 0 Å². The molecule has 1 atom stereocenters. The van der Waals surface area contributed by atoms with Crippen LogP contribution >= 0.6 is 0 Å². The van der Waals surface area contributed by atoms with Crippen molar-refractivity contribution >= 4 is 0 Å². The standard InChI is InChI=1S/C14H26N4O2/c1-11-3-5-13(6-4-11)20-9-12(19)7-15-8-14-17-16-10-18(14)2/h10-13,15,19H,3-9H2,1-2H3. The molecule has 0 saturated heterocycles. The number of aliphatic hydroxyl groups is 1. The number of hydrogen-bond donors (Lipinski definition) is 2. The lowest BCUT2D eigenvalue weighted by molar-refractivity contribution is -0.0279. The van der Waals surface area contributed by atoms with Crippen molar-refractivity contribution in [3.8, 4) is 0 Å². The Hall–Kier alpha value is -0.980. The summed E-state index contributed by atoms with van der Waals surface area (Å²) < 4.78 is 7.64. The third kappa shape index (κ3) is 4.85. The molecule has 2 N–H and O–H groups in total. The molecule has 1 aromatic rings. The number of ether oxygens (including phenoxy) is 1. The van der Waals surface area contributed by atoms with Gasteiger partial charge in [0.25, 0.3) is 0 Å². The molecule has 0 radical (unpaired) electrons. The predicted molar refractivity (Wildman–Crippen MR) is 76.1 cm³/mol. The first kappa shape index (κ1) is 15.4.